The van der Waals surface area contributed by atoms with Crippen LogP contribution in [0, 0.1) is 19.8 Å². The zero-order chi connectivity index (χ0) is 26.2. The molecule has 190 valence electrons. The van der Waals surface area contributed by atoms with Gasteiger partial charge in [-0.25, -0.2) is 13.4 Å². The lowest BCUT2D eigenvalue weighted by molar-refractivity contribution is 0.0969. The molecule has 3 heterocycles. The Morgan fingerprint density at radius 1 is 1.05 bits per heavy atom. The minimum atomic E-state index is -3.00. The Labute approximate surface area is 222 Å². The minimum Gasteiger partial charge on any atom is -0.292 e. The monoisotopic (exact) mass is 532 g/mol. The molecule has 5 nitrogen and oxygen atoms in total. The largest absolute Gasteiger partial charge is 0.292 e. The molecule has 0 amide bonds. The Hall–Kier alpha value is -3.09. The molecular weight excluding hydrogens is 504 g/mol. The first kappa shape index (κ1) is 25.6. The quantitative estimate of drug-likeness (QED) is 0.249. The van der Waals surface area contributed by atoms with Gasteiger partial charge < -0.3 is 0 Å². The molecule has 1 unspecified atom stereocenters. The number of hydrogen-bond acceptors (Lipinski definition) is 5. The molecule has 0 N–H and O–H groups in total. The molecule has 37 heavy (non-hydrogen) atoms. The number of halogens is 1. The number of sulfone groups is 1. The standard InChI is InChI=1S/C30H29ClN2O3S/c1-19-16-27-30(20(2)29(19)22-11-13-32-14-12-22)24(23-7-3-4-8-25(23)31)17-26(33-27)28(34)10-9-21-6-5-15-37(35,36)18-21/h3-4,7-8,11-14,16-17,21H,5-6,9-10,15,18H2,1-2H3. The first-order valence-electron chi connectivity index (χ1n) is 12.6. The van der Waals surface area contributed by atoms with Crippen LogP contribution < -0.4 is 0 Å². The fraction of sp³-hybridized carbons (Fsp3) is 0.300. The molecule has 1 aliphatic rings. The van der Waals surface area contributed by atoms with Crippen molar-refractivity contribution < 1.29 is 13.2 Å². The predicted octanol–water partition coefficient (Wildman–Crippen LogP) is 7.02. The third-order valence-electron chi connectivity index (χ3n) is 7.30. The number of hydrogen-bond donors (Lipinski definition) is 0. The first-order chi connectivity index (χ1) is 17.7. The maximum Gasteiger partial charge on any atom is 0.181 e. The molecule has 0 saturated carbocycles. The van der Waals surface area contributed by atoms with E-state index in [2.05, 4.69) is 18.8 Å². The van der Waals surface area contributed by atoms with E-state index in [1.807, 2.05) is 48.5 Å². The average molecular weight is 533 g/mol. The van der Waals surface area contributed by atoms with Crippen molar-refractivity contribution in [3.8, 4) is 22.3 Å². The zero-order valence-electron chi connectivity index (χ0n) is 21.0. The molecule has 1 atom stereocenters. The smallest absolute Gasteiger partial charge is 0.181 e. The van der Waals surface area contributed by atoms with Gasteiger partial charge in [-0.2, -0.15) is 0 Å². The van der Waals surface area contributed by atoms with Crippen LogP contribution in [0.25, 0.3) is 33.2 Å². The van der Waals surface area contributed by atoms with Crippen molar-refractivity contribution in [3.05, 3.63) is 82.8 Å². The Kier molecular flexibility index (Phi) is 7.15. The van der Waals surface area contributed by atoms with Crippen LogP contribution in [0.15, 0.2) is 60.9 Å². The van der Waals surface area contributed by atoms with Gasteiger partial charge in [0.2, 0.25) is 0 Å². The Bertz CT molecular complexity index is 1600. The second-order valence-corrected chi connectivity index (χ2v) is 12.6. The lowest BCUT2D eigenvalue weighted by Crippen LogP contribution is -2.25. The van der Waals surface area contributed by atoms with Gasteiger partial charge in [-0.3, -0.25) is 9.78 Å². The van der Waals surface area contributed by atoms with Crippen molar-refractivity contribution >= 4 is 38.1 Å². The molecule has 4 aromatic rings. The van der Waals surface area contributed by atoms with E-state index in [-0.39, 0.29) is 29.6 Å². The van der Waals surface area contributed by atoms with Crippen LogP contribution in [-0.2, 0) is 9.84 Å². The van der Waals surface area contributed by atoms with Crippen molar-refractivity contribution in [2.45, 2.75) is 39.5 Å². The number of carbonyl (C=O) groups is 1. The van der Waals surface area contributed by atoms with Gasteiger partial charge in [0.25, 0.3) is 0 Å². The van der Waals surface area contributed by atoms with Gasteiger partial charge in [0.15, 0.2) is 15.6 Å². The van der Waals surface area contributed by atoms with E-state index in [4.69, 9.17) is 16.6 Å². The fourth-order valence-electron chi connectivity index (χ4n) is 5.57. The summed E-state index contributed by atoms with van der Waals surface area (Å²) in [6, 6.07) is 15.5. The van der Waals surface area contributed by atoms with Crippen molar-refractivity contribution in [2.24, 2.45) is 5.92 Å². The summed E-state index contributed by atoms with van der Waals surface area (Å²) in [5.74, 6) is 0.377. The molecular formula is C30H29ClN2O3S. The Balaban J connectivity index is 1.61. The predicted molar refractivity (Wildman–Crippen MR) is 150 cm³/mol. The summed E-state index contributed by atoms with van der Waals surface area (Å²) >= 11 is 6.65. The molecule has 1 fully saturated rings. The Morgan fingerprint density at radius 3 is 2.54 bits per heavy atom. The van der Waals surface area contributed by atoms with Gasteiger partial charge in [0, 0.05) is 34.8 Å². The summed E-state index contributed by atoms with van der Waals surface area (Å²) in [6.07, 6.45) is 5.91. The van der Waals surface area contributed by atoms with Gasteiger partial charge in [0.1, 0.15) is 5.69 Å². The molecule has 0 spiro atoms. The van der Waals surface area contributed by atoms with Gasteiger partial charge in [-0.1, -0.05) is 29.8 Å². The highest BCUT2D eigenvalue weighted by atomic mass is 35.5. The van der Waals surface area contributed by atoms with Crippen LogP contribution in [0.2, 0.25) is 5.02 Å². The molecule has 1 saturated heterocycles. The highest BCUT2D eigenvalue weighted by molar-refractivity contribution is 7.91. The third kappa shape index (κ3) is 5.32. The van der Waals surface area contributed by atoms with E-state index >= 15 is 0 Å². The number of nitrogens with zero attached hydrogens (tertiary/aromatic N) is 2. The highest BCUT2D eigenvalue weighted by Crippen LogP contribution is 2.40. The van der Waals surface area contributed by atoms with E-state index in [0.717, 1.165) is 50.7 Å². The lowest BCUT2D eigenvalue weighted by Gasteiger charge is -2.21. The van der Waals surface area contributed by atoms with Crippen LogP contribution in [0.3, 0.4) is 0 Å². The number of fused-ring (bicyclic) bond motifs is 1. The minimum absolute atomic E-state index is 0.0265. The number of carbonyl (C=O) groups excluding carboxylic acids is 1. The summed E-state index contributed by atoms with van der Waals surface area (Å²) in [4.78, 5) is 22.3. The number of benzene rings is 2. The lowest BCUT2D eigenvalue weighted by atomic mass is 9.88. The van der Waals surface area contributed by atoms with Gasteiger partial charge >= 0.3 is 0 Å². The number of Topliss-reactive ketones (excluding diaryl/α,β-unsaturated/α-hetero) is 1. The summed E-state index contributed by atoms with van der Waals surface area (Å²) in [7, 11) is -3.00. The van der Waals surface area contributed by atoms with Crippen LogP contribution in [0.1, 0.15) is 47.3 Å². The van der Waals surface area contributed by atoms with E-state index in [1.54, 1.807) is 12.4 Å². The van der Waals surface area contributed by atoms with Gasteiger partial charge in [0.05, 0.1) is 17.0 Å². The molecule has 7 heteroatoms. The molecule has 2 aromatic carbocycles. The summed E-state index contributed by atoms with van der Waals surface area (Å²) in [5.41, 5.74) is 7.15. The van der Waals surface area contributed by atoms with Crippen LogP contribution in [0.5, 0.6) is 0 Å². The molecule has 0 aliphatic carbocycles. The summed E-state index contributed by atoms with van der Waals surface area (Å²) < 4.78 is 24.1. The van der Waals surface area contributed by atoms with Gasteiger partial charge in [-0.05, 0) is 97.2 Å². The third-order valence-corrected chi connectivity index (χ3v) is 9.52. The molecule has 1 aliphatic heterocycles. The SMILES string of the molecule is Cc1cc2nc(C(=O)CCC3CCCS(=O)(=O)C3)cc(-c3ccccc3Cl)c2c(C)c1-c1ccncc1. The summed E-state index contributed by atoms with van der Waals surface area (Å²) in [6.45, 7) is 4.13. The topological polar surface area (TPSA) is 77.0 Å². The number of aromatic nitrogens is 2. The molecule has 5 rings (SSSR count). The highest BCUT2D eigenvalue weighted by Gasteiger charge is 2.26. The van der Waals surface area contributed by atoms with Crippen molar-refractivity contribution in [1.29, 1.82) is 0 Å². The van der Waals surface area contributed by atoms with Crippen LogP contribution >= 0.6 is 11.6 Å². The van der Waals surface area contributed by atoms with E-state index < -0.39 is 9.84 Å². The number of rotatable bonds is 6. The zero-order valence-corrected chi connectivity index (χ0v) is 22.6. The van der Waals surface area contributed by atoms with Crippen molar-refractivity contribution in [3.63, 3.8) is 0 Å². The Morgan fingerprint density at radius 2 is 1.81 bits per heavy atom. The summed E-state index contributed by atoms with van der Waals surface area (Å²) in [5, 5.41) is 1.56. The number of pyridine rings is 2. The molecule has 0 bridgehead atoms. The van der Waals surface area contributed by atoms with Crippen molar-refractivity contribution in [1.82, 2.24) is 9.97 Å². The maximum absolute atomic E-state index is 13.4. The normalized spacial score (nSPS) is 17.1. The van der Waals surface area contributed by atoms with Crippen LogP contribution in [-0.4, -0.2) is 35.7 Å². The first-order valence-corrected chi connectivity index (χ1v) is 14.8. The van der Waals surface area contributed by atoms with E-state index in [9.17, 15) is 13.2 Å². The average Bonchev–Trinajstić information content (AvgIpc) is 2.87. The number of aryl methyl sites for hydroxylation is 2. The maximum atomic E-state index is 13.4. The molecule has 2 aromatic heterocycles. The van der Waals surface area contributed by atoms with E-state index in [1.165, 1.54) is 0 Å². The molecule has 0 radical (unpaired) electrons. The number of ketones is 1. The van der Waals surface area contributed by atoms with E-state index in [0.29, 0.717) is 23.6 Å². The second-order valence-electron chi connectivity index (χ2n) is 9.94. The van der Waals surface area contributed by atoms with Crippen molar-refractivity contribution in [2.75, 3.05) is 11.5 Å². The van der Waals surface area contributed by atoms with Gasteiger partial charge in [-0.15, -0.1) is 0 Å². The van der Waals surface area contributed by atoms with Crippen LogP contribution in [0.4, 0.5) is 0 Å². The second kappa shape index (κ2) is 10.3. The fourth-order valence-corrected chi connectivity index (χ4v) is 7.63.